The molecule has 0 unspecified atom stereocenters. The van der Waals surface area contributed by atoms with Crippen LogP contribution in [0.5, 0.6) is 0 Å². The summed E-state index contributed by atoms with van der Waals surface area (Å²) in [6.45, 7) is 3.38. The molecule has 0 aliphatic rings. The van der Waals surface area contributed by atoms with Crippen LogP contribution in [0.2, 0.25) is 0 Å². The van der Waals surface area contributed by atoms with E-state index in [-0.39, 0.29) is 11.7 Å². The van der Waals surface area contributed by atoms with Crippen molar-refractivity contribution in [3.63, 3.8) is 0 Å². The van der Waals surface area contributed by atoms with Crippen molar-refractivity contribution in [2.24, 2.45) is 0 Å². The van der Waals surface area contributed by atoms with Crippen molar-refractivity contribution in [2.75, 3.05) is 5.43 Å². The Kier molecular flexibility index (Phi) is 4.84. The Balaban J connectivity index is 2.04. The van der Waals surface area contributed by atoms with Gasteiger partial charge in [0.1, 0.15) is 0 Å². The molecule has 21 heavy (non-hydrogen) atoms. The molecule has 2 aromatic rings. The third-order valence-corrected chi connectivity index (χ3v) is 3.62. The molecule has 1 aromatic heterocycles. The first-order chi connectivity index (χ1) is 10.1. The predicted octanol–water partition coefficient (Wildman–Crippen LogP) is 2.81. The average Bonchev–Trinajstić information content (AvgIpc) is 2.93. The molecule has 0 spiro atoms. The zero-order valence-electron chi connectivity index (χ0n) is 11.7. The van der Waals surface area contributed by atoms with Crippen LogP contribution < -0.4 is 10.9 Å². The molecule has 0 saturated heterocycles. The van der Waals surface area contributed by atoms with Crippen LogP contribution in [0.3, 0.4) is 0 Å². The number of amides is 1. The van der Waals surface area contributed by atoms with Crippen LogP contribution in [0.15, 0.2) is 36.5 Å². The molecule has 0 radical (unpaired) electrons. The first-order valence-corrected chi connectivity index (χ1v) is 7.14. The van der Waals surface area contributed by atoms with E-state index in [0.717, 1.165) is 11.1 Å². The molecule has 0 aliphatic carbocycles. The number of carbonyl (C=O) groups is 2. The largest absolute Gasteiger partial charge is 0.288 e. The Morgan fingerprint density at radius 3 is 2.76 bits per heavy atom. The van der Waals surface area contributed by atoms with Gasteiger partial charge in [-0.3, -0.25) is 20.4 Å². The second-order valence-electron chi connectivity index (χ2n) is 4.39. The molecule has 6 heteroatoms. The summed E-state index contributed by atoms with van der Waals surface area (Å²) in [5.41, 5.74) is 7.16. The highest BCUT2D eigenvalue weighted by Crippen LogP contribution is 2.19. The highest BCUT2D eigenvalue weighted by Gasteiger charge is 2.08. The topological polar surface area (TPSA) is 71.1 Å². The first-order valence-electron chi connectivity index (χ1n) is 6.33. The van der Waals surface area contributed by atoms with E-state index in [9.17, 15) is 9.59 Å². The maximum absolute atomic E-state index is 12.0. The predicted molar refractivity (Wildman–Crippen MR) is 84.1 cm³/mol. The summed E-state index contributed by atoms with van der Waals surface area (Å²) in [5.74, 6) is -0.343. The van der Waals surface area contributed by atoms with Crippen LogP contribution in [0.1, 0.15) is 27.7 Å². The number of allylic oxidation sites excluding steroid dienone is 1. The summed E-state index contributed by atoms with van der Waals surface area (Å²) < 4.78 is 0. The SMILES string of the molecule is CC(=O)NNc1ncc(C(=O)/C=C\c2ccccc2C)s1. The molecular weight excluding hydrogens is 286 g/mol. The minimum absolute atomic E-state index is 0.119. The second-order valence-corrected chi connectivity index (χ2v) is 5.42. The number of hydrogen-bond donors (Lipinski definition) is 2. The summed E-state index contributed by atoms with van der Waals surface area (Å²) in [6.07, 6.45) is 4.80. The Morgan fingerprint density at radius 2 is 2.05 bits per heavy atom. The van der Waals surface area contributed by atoms with E-state index in [1.54, 1.807) is 6.08 Å². The molecule has 108 valence electrons. The minimum Gasteiger partial charge on any atom is -0.288 e. The van der Waals surface area contributed by atoms with Crippen molar-refractivity contribution in [1.82, 2.24) is 10.4 Å². The molecule has 2 N–H and O–H groups in total. The molecule has 2 rings (SSSR count). The van der Waals surface area contributed by atoms with Crippen molar-refractivity contribution >= 4 is 34.2 Å². The van der Waals surface area contributed by atoms with Gasteiger partial charge in [0, 0.05) is 6.92 Å². The molecule has 1 aromatic carbocycles. The molecule has 0 bridgehead atoms. The Hall–Kier alpha value is -2.47. The summed E-state index contributed by atoms with van der Waals surface area (Å²) in [5, 5.41) is 0.470. The van der Waals surface area contributed by atoms with Gasteiger partial charge in [-0.25, -0.2) is 4.98 Å². The maximum Gasteiger partial charge on any atom is 0.235 e. The number of aromatic nitrogens is 1. The van der Waals surface area contributed by atoms with E-state index in [4.69, 9.17) is 0 Å². The molecule has 0 fully saturated rings. The Labute approximate surface area is 126 Å². The highest BCUT2D eigenvalue weighted by atomic mass is 32.1. The number of hydrazine groups is 1. The van der Waals surface area contributed by atoms with Gasteiger partial charge in [-0.05, 0) is 24.1 Å². The zero-order chi connectivity index (χ0) is 15.2. The van der Waals surface area contributed by atoms with Gasteiger partial charge in [0.15, 0.2) is 5.78 Å². The first kappa shape index (κ1) is 14.9. The van der Waals surface area contributed by atoms with Gasteiger partial charge < -0.3 is 0 Å². The van der Waals surface area contributed by atoms with Gasteiger partial charge in [-0.15, -0.1) is 0 Å². The lowest BCUT2D eigenvalue weighted by Gasteiger charge is -2.00. The van der Waals surface area contributed by atoms with Crippen molar-refractivity contribution < 1.29 is 9.59 Å². The van der Waals surface area contributed by atoms with Gasteiger partial charge >= 0.3 is 0 Å². The Bertz CT molecular complexity index is 692. The fourth-order valence-electron chi connectivity index (χ4n) is 1.61. The van der Waals surface area contributed by atoms with Gasteiger partial charge in [0.25, 0.3) is 0 Å². The van der Waals surface area contributed by atoms with Crippen molar-refractivity contribution in [1.29, 1.82) is 0 Å². The number of thiazole rings is 1. The number of aryl methyl sites for hydroxylation is 1. The number of benzene rings is 1. The number of rotatable bonds is 5. The fourth-order valence-corrected chi connectivity index (χ4v) is 2.30. The lowest BCUT2D eigenvalue weighted by molar-refractivity contribution is -0.118. The molecule has 5 nitrogen and oxygen atoms in total. The summed E-state index contributed by atoms with van der Waals surface area (Å²) >= 11 is 1.18. The van der Waals surface area contributed by atoms with Crippen molar-refractivity contribution in [3.05, 3.63) is 52.5 Å². The molecule has 0 saturated carbocycles. The minimum atomic E-state index is -0.225. The highest BCUT2D eigenvalue weighted by molar-refractivity contribution is 7.17. The molecule has 0 aliphatic heterocycles. The fraction of sp³-hybridized carbons (Fsp3) is 0.133. The van der Waals surface area contributed by atoms with Crippen molar-refractivity contribution in [2.45, 2.75) is 13.8 Å². The smallest absolute Gasteiger partial charge is 0.235 e. The average molecular weight is 301 g/mol. The quantitative estimate of drug-likeness (QED) is 0.506. The normalized spacial score (nSPS) is 10.6. The number of ketones is 1. The van der Waals surface area contributed by atoms with Crippen molar-refractivity contribution in [3.8, 4) is 0 Å². The van der Waals surface area contributed by atoms with E-state index in [2.05, 4.69) is 15.8 Å². The van der Waals surface area contributed by atoms with E-state index < -0.39 is 0 Å². The van der Waals surface area contributed by atoms with Gasteiger partial charge in [-0.2, -0.15) is 0 Å². The number of hydrogen-bond acceptors (Lipinski definition) is 5. The van der Waals surface area contributed by atoms with Gasteiger partial charge in [0.05, 0.1) is 11.1 Å². The van der Waals surface area contributed by atoms with Crippen LogP contribution in [0, 0.1) is 6.92 Å². The van der Waals surface area contributed by atoms with E-state index in [0.29, 0.717) is 10.0 Å². The van der Waals surface area contributed by atoms with Crippen LogP contribution in [0.4, 0.5) is 5.13 Å². The number of anilines is 1. The molecule has 1 amide bonds. The van der Waals surface area contributed by atoms with Gasteiger partial charge in [0.2, 0.25) is 11.0 Å². The standard InChI is InChI=1S/C15H15N3O2S/c1-10-5-3-4-6-12(10)7-8-13(20)14-9-16-15(21-14)18-17-11(2)19/h3-9H,1-2H3,(H,16,18)(H,17,19)/b8-7-. The van der Waals surface area contributed by atoms with Gasteiger partial charge in [-0.1, -0.05) is 41.7 Å². The summed E-state index contributed by atoms with van der Waals surface area (Å²) in [6, 6.07) is 7.83. The zero-order valence-corrected chi connectivity index (χ0v) is 12.5. The third kappa shape index (κ3) is 4.25. The second kappa shape index (κ2) is 6.81. The summed E-state index contributed by atoms with van der Waals surface area (Å²) in [7, 11) is 0. The lowest BCUT2D eigenvalue weighted by Crippen LogP contribution is -2.26. The lowest BCUT2D eigenvalue weighted by atomic mass is 10.1. The number of nitrogens with one attached hydrogen (secondary N) is 2. The van der Waals surface area contributed by atoms with E-state index in [1.165, 1.54) is 30.5 Å². The molecule has 1 heterocycles. The monoisotopic (exact) mass is 301 g/mol. The van der Waals surface area contributed by atoms with Crippen LogP contribution in [-0.2, 0) is 4.79 Å². The van der Waals surface area contributed by atoms with Crippen LogP contribution in [-0.4, -0.2) is 16.7 Å². The maximum atomic E-state index is 12.0. The molecular formula is C15H15N3O2S. The van der Waals surface area contributed by atoms with Crippen LogP contribution in [0.25, 0.3) is 6.08 Å². The Morgan fingerprint density at radius 1 is 1.29 bits per heavy atom. The van der Waals surface area contributed by atoms with E-state index >= 15 is 0 Å². The number of carbonyl (C=O) groups excluding carboxylic acids is 2. The third-order valence-electron chi connectivity index (χ3n) is 2.70. The summed E-state index contributed by atoms with van der Waals surface area (Å²) in [4.78, 5) is 27.4. The number of nitrogens with zero attached hydrogens (tertiary/aromatic N) is 1. The molecule has 0 atom stereocenters. The van der Waals surface area contributed by atoms with E-state index in [1.807, 2.05) is 31.2 Å². The van der Waals surface area contributed by atoms with Crippen LogP contribution >= 0.6 is 11.3 Å².